The summed E-state index contributed by atoms with van der Waals surface area (Å²) in [6, 6.07) is 18.8. The Hall–Kier alpha value is -3.67. The number of carbonyl (C=O) groups excluding carboxylic acids is 3. The Morgan fingerprint density at radius 2 is 1.60 bits per heavy atom. The van der Waals surface area contributed by atoms with Crippen molar-refractivity contribution in [2.75, 3.05) is 26.2 Å². The van der Waals surface area contributed by atoms with E-state index in [1.807, 2.05) is 19.1 Å². The Bertz CT molecular complexity index is 1740. The predicted molar refractivity (Wildman–Crippen MR) is 191 cm³/mol. The van der Waals surface area contributed by atoms with E-state index in [0.29, 0.717) is 49.8 Å². The molecule has 1 aliphatic rings. The smallest absolute Gasteiger partial charge is 0.267 e. The molecule has 0 saturated carbocycles. The Morgan fingerprint density at radius 3 is 2.17 bits per heavy atom. The molecule has 0 atom stereocenters. The molecule has 1 aromatic heterocycles. The molecule has 3 aromatic carbocycles. The highest BCUT2D eigenvalue weighted by Gasteiger charge is 2.39. The summed E-state index contributed by atoms with van der Waals surface area (Å²) in [5.41, 5.74) is 13.8. The first-order chi connectivity index (χ1) is 22.8. The third kappa shape index (κ3) is 9.48. The van der Waals surface area contributed by atoms with Crippen LogP contribution in [0.1, 0.15) is 41.4 Å². The quantitative estimate of drug-likeness (QED) is 0.154. The van der Waals surface area contributed by atoms with Crippen molar-refractivity contribution in [1.82, 2.24) is 10.2 Å². The highest BCUT2D eigenvalue weighted by Crippen LogP contribution is 2.50. The number of halogens is 4. The Kier molecular flexibility index (Phi) is 12.9. The van der Waals surface area contributed by atoms with Crippen molar-refractivity contribution in [2.24, 2.45) is 11.5 Å². The van der Waals surface area contributed by atoms with Crippen molar-refractivity contribution in [3.05, 3.63) is 98.1 Å². The second-order valence-electron chi connectivity index (χ2n) is 11.4. The number of piperidine rings is 1. The van der Waals surface area contributed by atoms with Gasteiger partial charge in [0.05, 0.1) is 17.2 Å². The van der Waals surface area contributed by atoms with Crippen LogP contribution in [0, 0.1) is 12.7 Å². The van der Waals surface area contributed by atoms with Gasteiger partial charge in [-0.1, -0.05) is 70.7 Å². The zero-order valence-corrected chi connectivity index (χ0v) is 29.5. The van der Waals surface area contributed by atoms with Gasteiger partial charge in [-0.25, -0.2) is 4.39 Å². The second-order valence-corrected chi connectivity index (χ2v) is 13.7. The first-order valence-electron chi connectivity index (χ1n) is 15.1. The molecule has 13 heteroatoms. The summed E-state index contributed by atoms with van der Waals surface area (Å²) in [5.74, 6) is -0.732. The largest absolute Gasteiger partial charge is 0.491 e. The van der Waals surface area contributed by atoms with E-state index in [9.17, 15) is 18.8 Å². The molecule has 0 radical (unpaired) electrons. The summed E-state index contributed by atoms with van der Waals surface area (Å²) < 4.78 is 18.4. The number of thiophene rings is 1. The first kappa shape index (κ1) is 37.2. The number of nitrogens with one attached hydrogen (secondary N) is 1. The fraction of sp³-hybridized carbons (Fsp3) is 0.286. The Labute approximate surface area is 298 Å². The number of aryl methyl sites for hydroxylation is 1. The monoisotopic (exact) mass is 732 g/mol. The molecule has 0 spiro atoms. The SMILES string of the molecule is CC(=O)NCCCOc1c(C(=O)N2CCC(N)(C(N)=O)CC2)sc(-c2ccc(Cl)cc2Cl)c1-c1ccc(Cl)cc1.Cc1ccc(F)cc1. The fourth-order valence-corrected chi connectivity index (χ4v) is 6.94. The van der Waals surface area contributed by atoms with Gasteiger partial charge in [0.1, 0.15) is 10.7 Å². The molecule has 1 saturated heterocycles. The van der Waals surface area contributed by atoms with Crippen LogP contribution in [0.3, 0.4) is 0 Å². The van der Waals surface area contributed by atoms with E-state index in [0.717, 1.165) is 16.0 Å². The van der Waals surface area contributed by atoms with Crippen LogP contribution >= 0.6 is 46.1 Å². The van der Waals surface area contributed by atoms with Crippen LogP contribution < -0.4 is 21.5 Å². The van der Waals surface area contributed by atoms with Gasteiger partial charge in [-0.2, -0.15) is 0 Å². The van der Waals surface area contributed by atoms with Gasteiger partial charge in [0.2, 0.25) is 11.8 Å². The van der Waals surface area contributed by atoms with E-state index >= 15 is 0 Å². The maximum atomic E-state index is 14.0. The third-order valence-electron chi connectivity index (χ3n) is 7.75. The third-order valence-corrected chi connectivity index (χ3v) is 9.75. The van der Waals surface area contributed by atoms with Crippen LogP contribution in [0.15, 0.2) is 66.7 Å². The summed E-state index contributed by atoms with van der Waals surface area (Å²) >= 11 is 20.3. The van der Waals surface area contributed by atoms with Gasteiger partial charge in [-0.15, -0.1) is 11.3 Å². The van der Waals surface area contributed by atoms with Gasteiger partial charge >= 0.3 is 0 Å². The maximum absolute atomic E-state index is 14.0. The predicted octanol–water partition coefficient (Wildman–Crippen LogP) is 7.50. The molecule has 3 amide bonds. The van der Waals surface area contributed by atoms with Gasteiger partial charge in [-0.05, 0) is 68.1 Å². The lowest BCUT2D eigenvalue weighted by molar-refractivity contribution is -0.124. The minimum Gasteiger partial charge on any atom is -0.491 e. The average molecular weight is 734 g/mol. The molecule has 0 unspecified atom stereocenters. The van der Waals surface area contributed by atoms with Crippen molar-refractivity contribution >= 4 is 63.9 Å². The summed E-state index contributed by atoms with van der Waals surface area (Å²) in [6.45, 7) is 4.59. The molecular weight excluding hydrogens is 698 g/mol. The number of hydrogen-bond acceptors (Lipinski definition) is 6. The summed E-state index contributed by atoms with van der Waals surface area (Å²) in [6.07, 6.45) is 1.04. The summed E-state index contributed by atoms with van der Waals surface area (Å²) in [7, 11) is 0. The minimum absolute atomic E-state index is 0.134. The fourth-order valence-electron chi connectivity index (χ4n) is 4.98. The van der Waals surface area contributed by atoms with Crippen molar-refractivity contribution in [3.63, 3.8) is 0 Å². The zero-order valence-electron chi connectivity index (χ0n) is 26.5. The van der Waals surface area contributed by atoms with Crippen molar-refractivity contribution in [3.8, 4) is 27.3 Å². The molecule has 4 aromatic rings. The molecule has 1 aliphatic heterocycles. The molecule has 254 valence electrons. The lowest BCUT2D eigenvalue weighted by Gasteiger charge is -2.36. The van der Waals surface area contributed by atoms with Crippen molar-refractivity contribution in [2.45, 2.75) is 38.6 Å². The highest BCUT2D eigenvalue weighted by molar-refractivity contribution is 7.18. The van der Waals surface area contributed by atoms with E-state index < -0.39 is 11.4 Å². The number of benzene rings is 3. The lowest BCUT2D eigenvalue weighted by atomic mass is 9.88. The number of ether oxygens (including phenoxy) is 1. The zero-order chi connectivity index (χ0) is 35.0. The molecule has 0 bridgehead atoms. The van der Waals surface area contributed by atoms with Crippen LogP contribution in [0.5, 0.6) is 5.75 Å². The molecule has 5 N–H and O–H groups in total. The Balaban J connectivity index is 0.000000569. The van der Waals surface area contributed by atoms with E-state index in [4.69, 9.17) is 51.0 Å². The van der Waals surface area contributed by atoms with E-state index in [-0.39, 0.29) is 50.2 Å². The minimum atomic E-state index is -1.15. The van der Waals surface area contributed by atoms with Gasteiger partial charge in [0.15, 0.2) is 5.75 Å². The Morgan fingerprint density at radius 1 is 0.979 bits per heavy atom. The second kappa shape index (κ2) is 16.6. The van der Waals surface area contributed by atoms with Crippen molar-refractivity contribution in [1.29, 1.82) is 0 Å². The number of likely N-dealkylation sites (tertiary alicyclic amines) is 1. The highest BCUT2D eigenvalue weighted by atomic mass is 35.5. The van der Waals surface area contributed by atoms with Crippen LogP contribution in [-0.4, -0.2) is 54.4 Å². The topological polar surface area (TPSA) is 128 Å². The summed E-state index contributed by atoms with van der Waals surface area (Å²) in [4.78, 5) is 39.9. The van der Waals surface area contributed by atoms with Gasteiger partial charge in [0, 0.05) is 52.6 Å². The van der Waals surface area contributed by atoms with E-state index in [1.54, 1.807) is 47.4 Å². The molecule has 48 heavy (non-hydrogen) atoms. The number of rotatable bonds is 9. The summed E-state index contributed by atoms with van der Waals surface area (Å²) in [5, 5.41) is 4.22. The van der Waals surface area contributed by atoms with E-state index in [2.05, 4.69) is 5.32 Å². The van der Waals surface area contributed by atoms with Crippen LogP contribution in [0.2, 0.25) is 15.1 Å². The maximum Gasteiger partial charge on any atom is 0.267 e. The standard InChI is InChI=1S/C28H29Cl3N4O4S.C7H7F/c1-16(36)34-11-2-14-39-23-22(17-3-5-18(29)6-4-17)24(20-8-7-19(30)15-21(20)31)40-25(23)26(37)35-12-9-28(33,10-13-35)27(32)38;1-6-2-4-7(8)5-3-6/h3-8,15H,2,9-14,33H2,1H3,(H2,32,38)(H,34,36);2-5H,1H3. The molecule has 8 nitrogen and oxygen atoms in total. The van der Waals surface area contributed by atoms with Gasteiger partial charge in [-0.3, -0.25) is 14.4 Å². The molecule has 1 fully saturated rings. The van der Waals surface area contributed by atoms with E-state index in [1.165, 1.54) is 30.4 Å². The van der Waals surface area contributed by atoms with Crippen molar-refractivity contribution < 1.29 is 23.5 Å². The van der Waals surface area contributed by atoms with Crippen LogP contribution in [0.25, 0.3) is 21.6 Å². The molecule has 0 aliphatic carbocycles. The number of primary amides is 1. The normalized spacial score (nSPS) is 13.7. The molecule has 5 rings (SSSR count). The number of nitrogens with two attached hydrogens (primary N) is 2. The molecular formula is C35H36Cl3FN4O4S. The number of hydrogen-bond donors (Lipinski definition) is 3. The van der Waals surface area contributed by atoms with Gasteiger partial charge < -0.3 is 26.4 Å². The first-order valence-corrected chi connectivity index (χ1v) is 17.1. The number of amides is 3. The number of nitrogens with zero attached hydrogens (tertiary/aromatic N) is 1. The van der Waals surface area contributed by atoms with Crippen LogP contribution in [0.4, 0.5) is 4.39 Å². The molecule has 2 heterocycles. The van der Waals surface area contributed by atoms with Crippen LogP contribution in [-0.2, 0) is 9.59 Å². The lowest BCUT2D eigenvalue weighted by Crippen LogP contribution is -2.58. The van der Waals surface area contributed by atoms with Gasteiger partial charge in [0.25, 0.3) is 5.91 Å². The average Bonchev–Trinajstić information content (AvgIpc) is 3.41. The number of carbonyl (C=O) groups is 3.